The molecule has 0 saturated heterocycles. The Hall–Kier alpha value is -3.30. The van der Waals surface area contributed by atoms with Gasteiger partial charge in [-0.3, -0.25) is 4.79 Å². The van der Waals surface area contributed by atoms with Gasteiger partial charge in [0.25, 0.3) is 5.91 Å². The van der Waals surface area contributed by atoms with Crippen molar-refractivity contribution >= 4 is 17.5 Å². The van der Waals surface area contributed by atoms with Crippen LogP contribution in [-0.4, -0.2) is 10.5 Å². The molecular weight excluding hydrogens is 392 g/mol. The first kappa shape index (κ1) is 20.0. The number of halogens is 1. The van der Waals surface area contributed by atoms with Gasteiger partial charge >= 0.3 is 0 Å². The molecule has 1 aromatic heterocycles. The Morgan fingerprint density at radius 2 is 1.47 bits per heavy atom. The van der Waals surface area contributed by atoms with Crippen LogP contribution in [0.4, 0.5) is 0 Å². The molecule has 0 fully saturated rings. The molecule has 0 spiro atoms. The van der Waals surface area contributed by atoms with E-state index in [0.717, 1.165) is 39.2 Å². The second kappa shape index (κ2) is 8.21. The normalized spacial score (nSPS) is 10.9. The van der Waals surface area contributed by atoms with Crippen molar-refractivity contribution in [2.75, 3.05) is 0 Å². The number of primary amides is 1. The largest absolute Gasteiger partial charge is 0.366 e. The summed E-state index contributed by atoms with van der Waals surface area (Å²) < 4.78 is 2.13. The number of hydrogen-bond acceptors (Lipinski definition) is 1. The first-order valence-electron chi connectivity index (χ1n) is 9.85. The van der Waals surface area contributed by atoms with E-state index in [1.165, 1.54) is 0 Å². The quantitative estimate of drug-likeness (QED) is 0.412. The van der Waals surface area contributed by atoms with Gasteiger partial charge in [0.2, 0.25) is 0 Å². The molecule has 3 nitrogen and oxygen atoms in total. The molecule has 30 heavy (non-hydrogen) atoms. The Morgan fingerprint density at radius 1 is 0.833 bits per heavy atom. The molecular formula is C26H23ClN2O. The molecule has 1 amide bonds. The van der Waals surface area contributed by atoms with Crippen molar-refractivity contribution in [1.82, 2.24) is 4.57 Å². The maximum atomic E-state index is 12.4. The van der Waals surface area contributed by atoms with Crippen LogP contribution in [0.15, 0.2) is 78.9 Å². The molecule has 4 aromatic rings. The second-order valence-corrected chi connectivity index (χ2v) is 7.88. The number of nitrogens with zero attached hydrogens (tertiary/aromatic N) is 1. The van der Waals surface area contributed by atoms with Crippen LogP contribution in [0, 0.1) is 13.8 Å². The lowest BCUT2D eigenvalue weighted by molar-refractivity contribution is 0.1000. The molecule has 2 N–H and O–H groups in total. The zero-order chi connectivity index (χ0) is 21.3. The smallest absolute Gasteiger partial charge is 0.251 e. The van der Waals surface area contributed by atoms with E-state index in [1.54, 1.807) is 0 Å². The van der Waals surface area contributed by atoms with E-state index < -0.39 is 5.91 Å². The van der Waals surface area contributed by atoms with Gasteiger partial charge in [0.05, 0.1) is 5.56 Å². The third-order valence-electron chi connectivity index (χ3n) is 5.54. The highest BCUT2D eigenvalue weighted by atomic mass is 35.5. The number of nitrogens with two attached hydrogens (primary N) is 1. The topological polar surface area (TPSA) is 48.0 Å². The summed E-state index contributed by atoms with van der Waals surface area (Å²) in [5.41, 5.74) is 13.5. The van der Waals surface area contributed by atoms with Crippen molar-refractivity contribution in [3.05, 3.63) is 106 Å². The maximum Gasteiger partial charge on any atom is 0.251 e. The minimum atomic E-state index is -0.414. The fourth-order valence-corrected chi connectivity index (χ4v) is 4.27. The van der Waals surface area contributed by atoms with Gasteiger partial charge in [-0.2, -0.15) is 0 Å². The average Bonchev–Trinajstić information content (AvgIpc) is 2.99. The van der Waals surface area contributed by atoms with Gasteiger partial charge in [-0.25, -0.2) is 0 Å². The highest BCUT2D eigenvalue weighted by Crippen LogP contribution is 2.34. The highest BCUT2D eigenvalue weighted by molar-refractivity contribution is 6.30. The van der Waals surface area contributed by atoms with Crippen molar-refractivity contribution < 1.29 is 4.79 Å². The van der Waals surface area contributed by atoms with Crippen LogP contribution in [0.3, 0.4) is 0 Å². The summed E-state index contributed by atoms with van der Waals surface area (Å²) in [5.74, 6) is -0.414. The number of benzene rings is 3. The summed E-state index contributed by atoms with van der Waals surface area (Å²) in [6.45, 7) is 4.60. The van der Waals surface area contributed by atoms with Gasteiger partial charge in [-0.05, 0) is 48.2 Å². The Labute approximate surface area is 181 Å². The average molecular weight is 415 g/mol. The molecule has 0 aliphatic carbocycles. The predicted molar refractivity (Wildman–Crippen MR) is 124 cm³/mol. The number of hydrogen-bond donors (Lipinski definition) is 1. The lowest BCUT2D eigenvalue weighted by Gasteiger charge is -2.11. The zero-order valence-electron chi connectivity index (χ0n) is 17.0. The fraction of sp³-hybridized carbons (Fsp3) is 0.115. The van der Waals surface area contributed by atoms with Crippen LogP contribution in [-0.2, 0) is 6.54 Å². The van der Waals surface area contributed by atoms with Gasteiger partial charge in [0.15, 0.2) is 0 Å². The molecule has 1 heterocycles. The van der Waals surface area contributed by atoms with E-state index >= 15 is 0 Å². The predicted octanol–water partition coefficient (Wildman–Crippen LogP) is 6.24. The molecule has 0 radical (unpaired) electrons. The fourth-order valence-electron chi connectivity index (χ4n) is 4.05. The lowest BCUT2D eigenvalue weighted by Crippen LogP contribution is -2.13. The van der Waals surface area contributed by atoms with Crippen molar-refractivity contribution in [1.29, 1.82) is 0 Å². The van der Waals surface area contributed by atoms with Gasteiger partial charge in [0, 0.05) is 28.5 Å². The number of aromatic nitrogens is 1. The van der Waals surface area contributed by atoms with Crippen LogP contribution >= 0.6 is 11.6 Å². The minimum Gasteiger partial charge on any atom is -0.366 e. The Kier molecular flexibility index (Phi) is 5.47. The van der Waals surface area contributed by atoms with Crippen LogP contribution in [0.25, 0.3) is 22.3 Å². The summed E-state index contributed by atoms with van der Waals surface area (Å²) in [6.07, 6.45) is 0. The van der Waals surface area contributed by atoms with Gasteiger partial charge < -0.3 is 10.3 Å². The zero-order valence-corrected chi connectivity index (χ0v) is 17.8. The monoisotopic (exact) mass is 414 g/mol. The number of rotatable bonds is 5. The molecule has 0 unspecified atom stereocenters. The molecule has 0 saturated carbocycles. The van der Waals surface area contributed by atoms with Crippen LogP contribution in [0.2, 0.25) is 5.02 Å². The van der Waals surface area contributed by atoms with Crippen LogP contribution in [0.5, 0.6) is 0 Å². The number of carbonyl (C=O) groups is 1. The van der Waals surface area contributed by atoms with E-state index in [0.29, 0.717) is 17.1 Å². The summed E-state index contributed by atoms with van der Waals surface area (Å²) in [7, 11) is 0. The number of amides is 1. The first-order valence-corrected chi connectivity index (χ1v) is 10.2. The van der Waals surface area contributed by atoms with Crippen molar-refractivity contribution in [2.24, 2.45) is 5.73 Å². The Morgan fingerprint density at radius 3 is 2.10 bits per heavy atom. The molecule has 4 heteroatoms. The summed E-state index contributed by atoms with van der Waals surface area (Å²) in [6, 6.07) is 26.3. The van der Waals surface area contributed by atoms with E-state index in [-0.39, 0.29) is 0 Å². The summed E-state index contributed by atoms with van der Waals surface area (Å²) in [4.78, 5) is 12.4. The lowest BCUT2D eigenvalue weighted by atomic mass is 9.97. The third kappa shape index (κ3) is 3.77. The summed E-state index contributed by atoms with van der Waals surface area (Å²) in [5, 5.41) is 0.696. The van der Waals surface area contributed by atoms with Crippen LogP contribution < -0.4 is 5.73 Å². The van der Waals surface area contributed by atoms with E-state index in [4.69, 9.17) is 17.3 Å². The van der Waals surface area contributed by atoms with E-state index in [1.807, 2.05) is 56.3 Å². The molecule has 0 atom stereocenters. The number of carbonyl (C=O) groups excluding carboxylic acids is 1. The van der Waals surface area contributed by atoms with E-state index in [9.17, 15) is 4.79 Å². The summed E-state index contributed by atoms with van der Waals surface area (Å²) >= 11 is 6.16. The van der Waals surface area contributed by atoms with E-state index in [2.05, 4.69) is 41.0 Å². The standard InChI is InChI=1S/C26H23ClN2O/c1-17-24(22-13-11-21(12-14-22)20-8-4-3-5-9-20)25(26(28)30)18(2)29(17)16-19-7-6-10-23(27)15-19/h3-15H,16H2,1-2H3,(H2,28,30). The van der Waals surface area contributed by atoms with Gasteiger partial charge in [-0.1, -0.05) is 78.3 Å². The van der Waals surface area contributed by atoms with Gasteiger partial charge in [0.1, 0.15) is 0 Å². The third-order valence-corrected chi connectivity index (χ3v) is 5.78. The Balaban J connectivity index is 1.78. The molecule has 3 aromatic carbocycles. The van der Waals surface area contributed by atoms with Crippen molar-refractivity contribution in [3.8, 4) is 22.3 Å². The van der Waals surface area contributed by atoms with Gasteiger partial charge in [-0.15, -0.1) is 0 Å². The second-order valence-electron chi connectivity index (χ2n) is 7.44. The minimum absolute atomic E-state index is 0.414. The maximum absolute atomic E-state index is 12.4. The highest BCUT2D eigenvalue weighted by Gasteiger charge is 2.22. The first-order chi connectivity index (χ1) is 14.5. The molecule has 0 bridgehead atoms. The van der Waals surface area contributed by atoms with Crippen molar-refractivity contribution in [3.63, 3.8) is 0 Å². The van der Waals surface area contributed by atoms with Crippen LogP contribution in [0.1, 0.15) is 27.3 Å². The Bertz CT molecular complexity index is 1210. The molecule has 0 aliphatic heterocycles. The SMILES string of the molecule is Cc1c(C(N)=O)c(-c2ccc(-c3ccccc3)cc2)c(C)n1Cc1cccc(Cl)c1. The molecule has 0 aliphatic rings. The molecule has 4 rings (SSSR count). The molecule has 150 valence electrons. The van der Waals surface area contributed by atoms with Crippen molar-refractivity contribution in [2.45, 2.75) is 20.4 Å².